The largest absolute Gasteiger partial charge is 0.478 e. The molecule has 8 heteroatoms. The first-order valence-electron chi connectivity index (χ1n) is 11.7. The van der Waals surface area contributed by atoms with E-state index in [1.54, 1.807) is 42.6 Å². The van der Waals surface area contributed by atoms with Crippen molar-refractivity contribution in [2.75, 3.05) is 43.4 Å². The quantitative estimate of drug-likeness (QED) is 0.378. The van der Waals surface area contributed by atoms with Gasteiger partial charge in [-0.2, -0.15) is 0 Å². The van der Waals surface area contributed by atoms with Crippen LogP contribution in [0.4, 0.5) is 11.4 Å². The molecule has 0 bridgehead atoms. The first-order chi connectivity index (χ1) is 17.4. The Morgan fingerprint density at radius 3 is 2.33 bits per heavy atom. The van der Waals surface area contributed by atoms with Crippen LogP contribution in [0.1, 0.15) is 26.3 Å². The lowest BCUT2D eigenvalue weighted by atomic mass is 9.91. The van der Waals surface area contributed by atoms with Crippen molar-refractivity contribution in [3.05, 3.63) is 89.6 Å². The molecule has 3 N–H and O–H groups in total. The van der Waals surface area contributed by atoms with Gasteiger partial charge in [-0.15, -0.1) is 0 Å². The minimum atomic E-state index is -1.02. The summed E-state index contributed by atoms with van der Waals surface area (Å²) in [5, 5.41) is 14.9. The fourth-order valence-electron chi connectivity index (χ4n) is 4.47. The van der Waals surface area contributed by atoms with Crippen molar-refractivity contribution < 1.29 is 19.5 Å². The van der Waals surface area contributed by atoms with Crippen molar-refractivity contribution in [3.8, 4) is 11.1 Å². The number of hydrogen-bond donors (Lipinski definition) is 3. The zero-order valence-electron chi connectivity index (χ0n) is 19.8. The molecule has 0 radical (unpaired) electrons. The van der Waals surface area contributed by atoms with E-state index in [2.05, 4.69) is 39.6 Å². The SMILES string of the molecule is CN1CCN(c2ccc(N/C=C3\C(=O)NC(=O)c4ccc(-c5cccc(C(=O)O)c5)cc43)cc2)CC1. The summed E-state index contributed by atoms with van der Waals surface area (Å²) in [7, 11) is 2.13. The number of anilines is 2. The number of nitrogens with zero attached hydrogens (tertiary/aromatic N) is 2. The molecule has 2 aliphatic rings. The molecule has 0 saturated carbocycles. The number of likely N-dealkylation sites (N-methyl/N-ethyl adjacent to an activating group) is 1. The smallest absolute Gasteiger partial charge is 0.335 e. The van der Waals surface area contributed by atoms with Crippen molar-refractivity contribution in [1.29, 1.82) is 0 Å². The minimum absolute atomic E-state index is 0.163. The summed E-state index contributed by atoms with van der Waals surface area (Å²) >= 11 is 0. The van der Waals surface area contributed by atoms with Crippen molar-refractivity contribution >= 4 is 34.7 Å². The van der Waals surface area contributed by atoms with Crippen molar-refractivity contribution in [2.45, 2.75) is 0 Å². The molecule has 3 aromatic carbocycles. The Labute approximate surface area is 208 Å². The van der Waals surface area contributed by atoms with E-state index in [0.717, 1.165) is 37.6 Å². The Morgan fingerprint density at radius 2 is 1.61 bits per heavy atom. The first kappa shape index (κ1) is 23.3. The molecule has 182 valence electrons. The zero-order chi connectivity index (χ0) is 25.2. The maximum absolute atomic E-state index is 12.7. The van der Waals surface area contributed by atoms with Gasteiger partial charge in [0.05, 0.1) is 11.1 Å². The van der Waals surface area contributed by atoms with Crippen LogP contribution in [0, 0.1) is 0 Å². The van der Waals surface area contributed by atoms with Crippen molar-refractivity contribution in [3.63, 3.8) is 0 Å². The van der Waals surface area contributed by atoms with E-state index in [1.165, 1.54) is 6.07 Å². The molecule has 0 aromatic heterocycles. The average molecular weight is 483 g/mol. The van der Waals surface area contributed by atoms with Gasteiger partial charge in [0.15, 0.2) is 0 Å². The highest BCUT2D eigenvalue weighted by Crippen LogP contribution is 2.30. The molecular formula is C28H26N4O4. The van der Waals surface area contributed by atoms with Gasteiger partial charge < -0.3 is 20.2 Å². The standard InChI is InChI=1S/C28H26N4O4/c1-31-11-13-32(14-12-31)22-8-6-21(7-9-22)29-17-25-24-16-19(5-10-23(24)26(33)30-27(25)34)18-3-2-4-20(15-18)28(35)36/h2-10,15-17,29H,11-14H2,1H3,(H,35,36)(H,30,33,34)/b25-17-. The second kappa shape index (κ2) is 9.67. The van der Waals surface area contributed by atoms with Crippen LogP contribution in [-0.2, 0) is 4.79 Å². The van der Waals surface area contributed by atoms with Gasteiger partial charge in [-0.3, -0.25) is 14.9 Å². The number of benzene rings is 3. The van der Waals surface area contributed by atoms with E-state index in [9.17, 15) is 19.5 Å². The fraction of sp³-hybridized carbons (Fsp3) is 0.179. The van der Waals surface area contributed by atoms with Gasteiger partial charge in [-0.1, -0.05) is 18.2 Å². The number of carbonyl (C=O) groups excluding carboxylic acids is 2. The van der Waals surface area contributed by atoms with E-state index in [1.807, 2.05) is 12.1 Å². The lowest BCUT2D eigenvalue weighted by Gasteiger charge is -2.34. The summed E-state index contributed by atoms with van der Waals surface area (Å²) in [6.07, 6.45) is 1.60. The van der Waals surface area contributed by atoms with E-state index in [4.69, 9.17) is 0 Å². The molecule has 8 nitrogen and oxygen atoms in total. The lowest BCUT2D eigenvalue weighted by molar-refractivity contribution is -0.114. The Balaban J connectivity index is 1.42. The highest BCUT2D eigenvalue weighted by atomic mass is 16.4. The molecule has 5 rings (SSSR count). The number of nitrogens with one attached hydrogen (secondary N) is 2. The highest BCUT2D eigenvalue weighted by Gasteiger charge is 2.27. The number of carboxylic acid groups (broad SMARTS) is 1. The number of amides is 2. The molecule has 3 aromatic rings. The topological polar surface area (TPSA) is 102 Å². The number of carboxylic acids is 1. The monoisotopic (exact) mass is 482 g/mol. The minimum Gasteiger partial charge on any atom is -0.478 e. The third-order valence-electron chi connectivity index (χ3n) is 6.59. The third-order valence-corrected chi connectivity index (χ3v) is 6.59. The van der Waals surface area contributed by atoms with Gasteiger partial charge in [-0.25, -0.2) is 4.79 Å². The normalized spacial score (nSPS) is 17.0. The number of imide groups is 1. The van der Waals surface area contributed by atoms with Crippen LogP contribution in [0.3, 0.4) is 0 Å². The molecule has 0 aliphatic carbocycles. The van der Waals surface area contributed by atoms with E-state index >= 15 is 0 Å². The molecular weight excluding hydrogens is 456 g/mol. The number of carbonyl (C=O) groups is 3. The van der Waals surface area contributed by atoms with Gasteiger partial charge in [0.1, 0.15) is 0 Å². The van der Waals surface area contributed by atoms with E-state index in [-0.39, 0.29) is 5.56 Å². The maximum Gasteiger partial charge on any atom is 0.335 e. The van der Waals surface area contributed by atoms with Crippen LogP contribution < -0.4 is 15.5 Å². The Kier molecular flexibility index (Phi) is 6.26. The second-order valence-corrected chi connectivity index (χ2v) is 8.97. The van der Waals surface area contributed by atoms with E-state index in [0.29, 0.717) is 27.8 Å². The summed E-state index contributed by atoms with van der Waals surface area (Å²) < 4.78 is 0. The molecule has 0 atom stereocenters. The van der Waals surface area contributed by atoms with Gasteiger partial charge in [0.2, 0.25) is 0 Å². The van der Waals surface area contributed by atoms with E-state index < -0.39 is 17.8 Å². The molecule has 1 saturated heterocycles. The van der Waals surface area contributed by atoms with Gasteiger partial charge in [0, 0.05) is 54.9 Å². The van der Waals surface area contributed by atoms with Gasteiger partial charge in [-0.05, 0) is 66.7 Å². The van der Waals surface area contributed by atoms with Crippen LogP contribution >= 0.6 is 0 Å². The van der Waals surface area contributed by atoms with Crippen LogP contribution in [0.15, 0.2) is 72.9 Å². The number of hydrogen-bond acceptors (Lipinski definition) is 6. The summed E-state index contributed by atoms with van der Waals surface area (Å²) in [6, 6.07) is 19.7. The third kappa shape index (κ3) is 4.71. The van der Waals surface area contributed by atoms with Crippen LogP contribution in [0.5, 0.6) is 0 Å². The molecule has 1 fully saturated rings. The van der Waals surface area contributed by atoms with Crippen LogP contribution in [0.25, 0.3) is 16.7 Å². The predicted molar refractivity (Wildman–Crippen MR) is 139 cm³/mol. The predicted octanol–water partition coefficient (Wildman–Crippen LogP) is 3.53. The molecule has 2 aliphatic heterocycles. The van der Waals surface area contributed by atoms with Crippen LogP contribution in [0.2, 0.25) is 0 Å². The fourth-order valence-corrected chi connectivity index (χ4v) is 4.47. The molecule has 0 unspecified atom stereocenters. The Hall–Kier alpha value is -4.43. The lowest BCUT2D eigenvalue weighted by Crippen LogP contribution is -2.44. The molecule has 0 spiro atoms. The molecule has 2 heterocycles. The first-order valence-corrected chi connectivity index (χ1v) is 11.7. The Morgan fingerprint density at radius 1 is 0.889 bits per heavy atom. The number of piperazine rings is 1. The summed E-state index contributed by atoms with van der Waals surface area (Å²) in [5.74, 6) is -1.98. The second-order valence-electron chi connectivity index (χ2n) is 8.97. The number of aromatic carboxylic acids is 1. The van der Waals surface area contributed by atoms with Crippen LogP contribution in [-0.4, -0.2) is 61.0 Å². The number of rotatable bonds is 5. The molecule has 36 heavy (non-hydrogen) atoms. The number of fused-ring (bicyclic) bond motifs is 1. The van der Waals surface area contributed by atoms with Crippen molar-refractivity contribution in [1.82, 2.24) is 10.2 Å². The summed E-state index contributed by atoms with van der Waals surface area (Å²) in [5.41, 5.74) is 4.72. The highest BCUT2D eigenvalue weighted by molar-refractivity contribution is 6.31. The Bertz CT molecular complexity index is 1370. The van der Waals surface area contributed by atoms with Gasteiger partial charge >= 0.3 is 5.97 Å². The zero-order valence-corrected chi connectivity index (χ0v) is 19.8. The summed E-state index contributed by atoms with van der Waals surface area (Å²) in [4.78, 5) is 41.2. The van der Waals surface area contributed by atoms with Gasteiger partial charge in [0.25, 0.3) is 11.8 Å². The summed E-state index contributed by atoms with van der Waals surface area (Å²) in [6.45, 7) is 4.02. The average Bonchev–Trinajstić information content (AvgIpc) is 2.89. The maximum atomic E-state index is 12.7. The molecule has 2 amide bonds. The van der Waals surface area contributed by atoms with Crippen molar-refractivity contribution in [2.24, 2.45) is 0 Å².